The number of anilines is 2. The summed E-state index contributed by atoms with van der Waals surface area (Å²) < 4.78 is 42.9. The number of carbonyl (C=O) groups is 2. The third-order valence-corrected chi connectivity index (χ3v) is 6.89. The fourth-order valence-electron chi connectivity index (χ4n) is 3.49. The zero-order valence-corrected chi connectivity index (χ0v) is 24.0. The van der Waals surface area contributed by atoms with Gasteiger partial charge in [-0.2, -0.15) is 0 Å². The molecule has 0 bridgehead atoms. The Hall–Kier alpha value is -3.92. The average Bonchev–Trinajstić information content (AvgIpc) is 2.90. The summed E-state index contributed by atoms with van der Waals surface area (Å²) in [6.07, 6.45) is 3.87. The highest BCUT2D eigenvalue weighted by Gasteiger charge is 2.22. The highest BCUT2D eigenvalue weighted by atomic mass is 32.2. The number of ether oxygens (including phenoxy) is 3. The minimum Gasteiger partial charge on any atom is -0.462 e. The van der Waals surface area contributed by atoms with Gasteiger partial charge in [0.25, 0.3) is 0 Å². The molecule has 0 fully saturated rings. The molecule has 0 aliphatic carbocycles. The minimum absolute atomic E-state index is 0.0582. The van der Waals surface area contributed by atoms with Crippen LogP contribution in [0.4, 0.5) is 11.4 Å². The van der Waals surface area contributed by atoms with Crippen molar-refractivity contribution in [3.8, 4) is 0 Å². The molecule has 0 saturated carbocycles. The largest absolute Gasteiger partial charge is 0.462 e. The monoisotopic (exact) mass is 571 g/mol. The van der Waals surface area contributed by atoms with E-state index >= 15 is 0 Å². The van der Waals surface area contributed by atoms with E-state index in [1.54, 1.807) is 43.3 Å². The fraction of sp³-hybridized carbons (Fsp3) is 0.379. The number of allylic oxidation sites excluding steroid dienone is 1. The van der Waals surface area contributed by atoms with Gasteiger partial charge < -0.3 is 24.8 Å². The molecule has 1 atom stereocenters. The van der Waals surface area contributed by atoms with Gasteiger partial charge in [0, 0.05) is 30.5 Å². The summed E-state index contributed by atoms with van der Waals surface area (Å²) in [6, 6.07) is 12.9. The lowest BCUT2D eigenvalue weighted by Crippen LogP contribution is -2.36. The molecule has 0 aromatic heterocycles. The van der Waals surface area contributed by atoms with E-state index in [4.69, 9.17) is 19.6 Å². The molecule has 0 aliphatic heterocycles. The predicted octanol–water partition coefficient (Wildman–Crippen LogP) is 4.38. The molecule has 3 N–H and O–H groups in total. The molecule has 216 valence electrons. The van der Waals surface area contributed by atoms with Crippen molar-refractivity contribution in [1.82, 2.24) is 0 Å². The molecule has 10 nitrogen and oxygen atoms in total. The number of rotatable bonds is 15. The molecule has 1 unspecified atom stereocenters. The molecule has 40 heavy (non-hydrogen) atoms. The van der Waals surface area contributed by atoms with Gasteiger partial charge >= 0.3 is 11.9 Å². The smallest absolute Gasteiger partial charge is 0.340 e. The van der Waals surface area contributed by atoms with E-state index in [0.717, 1.165) is 6.08 Å². The van der Waals surface area contributed by atoms with Gasteiger partial charge in [0.05, 0.1) is 28.1 Å². The van der Waals surface area contributed by atoms with Crippen LogP contribution in [0.3, 0.4) is 0 Å². The number of benzene rings is 2. The number of hydrogen-bond acceptors (Lipinski definition) is 10. The van der Waals surface area contributed by atoms with E-state index in [1.807, 2.05) is 26.6 Å². The third kappa shape index (κ3) is 11.4. The minimum atomic E-state index is -3.82. The van der Waals surface area contributed by atoms with Crippen molar-refractivity contribution in [3.63, 3.8) is 0 Å². The van der Waals surface area contributed by atoms with Crippen LogP contribution in [-0.2, 0) is 33.6 Å². The Morgan fingerprint density at radius 2 is 1.62 bits per heavy atom. The first kappa shape index (κ1) is 32.3. The molecule has 0 radical (unpaired) electrons. The fourth-order valence-corrected chi connectivity index (χ4v) is 4.84. The molecule has 2 aromatic carbocycles. The third-order valence-electron chi connectivity index (χ3n) is 5.14. The van der Waals surface area contributed by atoms with Gasteiger partial charge in [0.15, 0.2) is 0 Å². The lowest BCUT2D eigenvalue weighted by molar-refractivity contribution is -0.146. The van der Waals surface area contributed by atoms with E-state index in [0.29, 0.717) is 24.3 Å². The Morgan fingerprint density at radius 3 is 2.20 bits per heavy atom. The molecule has 0 saturated heterocycles. The van der Waals surface area contributed by atoms with Gasteiger partial charge in [0.1, 0.15) is 12.7 Å². The van der Waals surface area contributed by atoms with Crippen molar-refractivity contribution in [2.24, 2.45) is 0 Å². The maximum Gasteiger partial charge on any atom is 0.340 e. The molecule has 0 aliphatic rings. The highest BCUT2D eigenvalue weighted by molar-refractivity contribution is 7.91. The maximum atomic E-state index is 13.4. The Balaban J connectivity index is 2.06. The Morgan fingerprint density at radius 1 is 1.00 bits per heavy atom. The van der Waals surface area contributed by atoms with Gasteiger partial charge in [-0.25, -0.2) is 18.0 Å². The van der Waals surface area contributed by atoms with Crippen molar-refractivity contribution in [2.45, 2.75) is 55.6 Å². The Kier molecular flexibility index (Phi) is 12.6. The summed E-state index contributed by atoms with van der Waals surface area (Å²) in [5, 5.41) is 13.2. The normalized spacial score (nSPS) is 12.3. The lowest BCUT2D eigenvalue weighted by atomic mass is 10.2. The van der Waals surface area contributed by atoms with Crippen LogP contribution in [0.25, 0.3) is 0 Å². The second kappa shape index (κ2) is 15.6. The number of nitrogens with one attached hydrogen (secondary N) is 3. The zero-order valence-electron chi connectivity index (χ0n) is 23.2. The van der Waals surface area contributed by atoms with E-state index in [9.17, 15) is 18.0 Å². The van der Waals surface area contributed by atoms with Crippen molar-refractivity contribution < 1.29 is 32.2 Å². The van der Waals surface area contributed by atoms with Crippen LogP contribution in [0.5, 0.6) is 0 Å². The van der Waals surface area contributed by atoms with E-state index in [1.165, 1.54) is 24.3 Å². The van der Waals surface area contributed by atoms with Gasteiger partial charge in [-0.3, -0.25) is 5.41 Å². The summed E-state index contributed by atoms with van der Waals surface area (Å²) in [5.74, 6) is 0.774. The first-order valence-corrected chi connectivity index (χ1v) is 14.3. The first-order valence-electron chi connectivity index (χ1n) is 12.8. The van der Waals surface area contributed by atoms with Crippen molar-refractivity contribution >= 4 is 39.0 Å². The predicted molar refractivity (Wildman–Crippen MR) is 154 cm³/mol. The molecule has 11 heteroatoms. The Labute approximate surface area is 235 Å². The summed E-state index contributed by atoms with van der Waals surface area (Å²) in [6.45, 7) is 8.27. The number of carbonyl (C=O) groups excluding carboxylic acids is 2. The van der Waals surface area contributed by atoms with Gasteiger partial charge in [-0.1, -0.05) is 18.2 Å². The van der Waals surface area contributed by atoms with Crippen LogP contribution in [0, 0.1) is 5.41 Å². The quantitative estimate of drug-likeness (QED) is 0.123. The van der Waals surface area contributed by atoms with E-state index in [2.05, 4.69) is 10.6 Å². The van der Waals surface area contributed by atoms with E-state index in [-0.39, 0.29) is 29.5 Å². The van der Waals surface area contributed by atoms with Crippen LogP contribution in [-0.4, -0.2) is 64.2 Å². The molecule has 0 spiro atoms. The highest BCUT2D eigenvalue weighted by Crippen LogP contribution is 2.25. The molecule has 2 rings (SSSR count). The molecule has 2 aromatic rings. The first-order chi connectivity index (χ1) is 18.9. The topological polar surface area (TPSA) is 144 Å². The van der Waals surface area contributed by atoms with Gasteiger partial charge in [0.2, 0.25) is 9.84 Å². The number of sulfone groups is 1. The van der Waals surface area contributed by atoms with Gasteiger partial charge in [-0.15, -0.1) is 0 Å². The van der Waals surface area contributed by atoms with Gasteiger partial charge in [-0.05, 0) is 76.4 Å². The van der Waals surface area contributed by atoms with E-state index < -0.39 is 33.5 Å². The van der Waals surface area contributed by atoms with Crippen LogP contribution in [0.2, 0.25) is 0 Å². The number of hydrogen-bond donors (Lipinski definition) is 3. The standard InChI is InChI=1S/C29H37N3O7S/c1-5-9-27(33)37-17-8-16-31-22-10-6-12-25(18-22)40(35,36)26-13-7-11-23(19-26)32-20-24(39-29(2,3)4)21-38-28(34)14-15-30/h5-7,9-14,18-19,24,30-32H,8,16-17,20-21H2,1-4H3/b9-5+. The van der Waals surface area contributed by atoms with Crippen molar-refractivity contribution in [2.75, 3.05) is 36.9 Å². The van der Waals surface area contributed by atoms with Crippen molar-refractivity contribution in [1.29, 1.82) is 5.41 Å². The van der Waals surface area contributed by atoms with Crippen LogP contribution in [0.15, 0.2) is 76.5 Å². The summed E-state index contributed by atoms with van der Waals surface area (Å²) in [5.41, 5.74) is 0.665. The summed E-state index contributed by atoms with van der Waals surface area (Å²) >= 11 is 0. The number of esters is 2. The molecule has 0 heterocycles. The van der Waals surface area contributed by atoms with Crippen LogP contribution >= 0.6 is 0 Å². The zero-order chi connectivity index (χ0) is 29.6. The average molecular weight is 572 g/mol. The Bertz CT molecular complexity index is 1330. The van der Waals surface area contributed by atoms with Crippen molar-refractivity contribution in [3.05, 3.63) is 66.8 Å². The second-order valence-electron chi connectivity index (χ2n) is 9.66. The summed E-state index contributed by atoms with van der Waals surface area (Å²) in [7, 11) is -3.82. The second-order valence-corrected chi connectivity index (χ2v) is 11.6. The van der Waals surface area contributed by atoms with Crippen LogP contribution in [0.1, 0.15) is 34.1 Å². The molecule has 0 amide bonds. The SMILES string of the molecule is C/C=C/C(=O)OCCCNc1cccc(S(=O)(=O)c2cccc(NCC(COC(=O)C=C=N)OC(C)(C)C)c2)c1. The molecular weight excluding hydrogens is 534 g/mol. The molecular formula is C29H37N3O7S. The summed E-state index contributed by atoms with van der Waals surface area (Å²) in [4.78, 5) is 23.2. The lowest BCUT2D eigenvalue weighted by Gasteiger charge is -2.27. The maximum absolute atomic E-state index is 13.4. The van der Waals surface area contributed by atoms with Crippen LogP contribution < -0.4 is 10.6 Å².